The van der Waals surface area contributed by atoms with Crippen molar-refractivity contribution in [1.82, 2.24) is 15.1 Å². The van der Waals surface area contributed by atoms with Crippen LogP contribution in [0.3, 0.4) is 0 Å². The first kappa shape index (κ1) is 16.7. The van der Waals surface area contributed by atoms with Crippen LogP contribution in [0.4, 0.5) is 0 Å². The largest absolute Gasteiger partial charge is 0.368 e. The smallest absolute Gasteiger partial charge is 0.238 e. The van der Waals surface area contributed by atoms with Gasteiger partial charge >= 0.3 is 0 Å². The van der Waals surface area contributed by atoms with Gasteiger partial charge in [-0.05, 0) is 59.7 Å². The van der Waals surface area contributed by atoms with Gasteiger partial charge in [0.25, 0.3) is 0 Å². The highest BCUT2D eigenvalue weighted by Crippen LogP contribution is 2.21. The van der Waals surface area contributed by atoms with Crippen molar-refractivity contribution in [2.24, 2.45) is 5.73 Å². The van der Waals surface area contributed by atoms with Gasteiger partial charge in [-0.2, -0.15) is 0 Å². The minimum Gasteiger partial charge on any atom is -0.368 e. The Morgan fingerprint density at radius 2 is 1.95 bits per heavy atom. The Labute approximate surface area is 129 Å². The fourth-order valence-electron chi connectivity index (χ4n) is 3.82. The maximum Gasteiger partial charge on any atom is 0.238 e. The monoisotopic (exact) mass is 296 g/mol. The molecule has 2 unspecified atom stereocenters. The normalized spacial score (nSPS) is 27.9. The van der Waals surface area contributed by atoms with Crippen molar-refractivity contribution in [3.8, 4) is 0 Å². The third kappa shape index (κ3) is 4.41. The highest BCUT2D eigenvalue weighted by molar-refractivity contribution is 5.84. The minimum atomic E-state index is -0.634. The van der Waals surface area contributed by atoms with Crippen LogP contribution in [0.1, 0.15) is 46.5 Å². The molecule has 2 rings (SSSR count). The third-order valence-electron chi connectivity index (χ3n) is 4.85. The van der Waals surface area contributed by atoms with Crippen molar-refractivity contribution in [2.75, 3.05) is 32.7 Å². The summed E-state index contributed by atoms with van der Waals surface area (Å²) in [6, 6.07) is 0.921. The van der Waals surface area contributed by atoms with E-state index in [9.17, 15) is 4.79 Å². The van der Waals surface area contributed by atoms with Crippen LogP contribution in [0.5, 0.6) is 0 Å². The Balaban J connectivity index is 1.89. The lowest BCUT2D eigenvalue weighted by Gasteiger charge is -2.35. The van der Waals surface area contributed by atoms with E-state index in [-0.39, 0.29) is 11.9 Å². The number of amides is 1. The summed E-state index contributed by atoms with van der Waals surface area (Å²) in [5.74, 6) is -0.252. The molecule has 21 heavy (non-hydrogen) atoms. The van der Waals surface area contributed by atoms with Gasteiger partial charge in [0.2, 0.25) is 5.91 Å². The van der Waals surface area contributed by atoms with Crippen molar-refractivity contribution in [1.29, 1.82) is 0 Å². The zero-order chi connectivity index (χ0) is 15.5. The van der Waals surface area contributed by atoms with Gasteiger partial charge < -0.3 is 11.1 Å². The van der Waals surface area contributed by atoms with E-state index in [4.69, 9.17) is 5.73 Å². The Hall–Kier alpha value is -0.650. The molecular weight excluding hydrogens is 264 g/mol. The second kappa shape index (κ2) is 7.07. The van der Waals surface area contributed by atoms with Crippen molar-refractivity contribution >= 4 is 5.91 Å². The third-order valence-corrected chi connectivity index (χ3v) is 4.85. The van der Waals surface area contributed by atoms with Crippen LogP contribution in [0.15, 0.2) is 0 Å². The summed E-state index contributed by atoms with van der Waals surface area (Å²) in [6.45, 7) is 11.4. The molecule has 0 aromatic carbocycles. The van der Waals surface area contributed by atoms with E-state index in [0.717, 1.165) is 13.1 Å². The minimum absolute atomic E-state index is 0.252. The molecule has 1 amide bonds. The first-order valence-electron chi connectivity index (χ1n) is 8.45. The van der Waals surface area contributed by atoms with E-state index in [0.29, 0.717) is 12.6 Å². The van der Waals surface area contributed by atoms with Gasteiger partial charge in [0, 0.05) is 25.2 Å². The number of hydrogen-bond donors (Lipinski definition) is 2. The summed E-state index contributed by atoms with van der Waals surface area (Å²) in [6.07, 6.45) is 5.27. The molecule has 2 atom stereocenters. The molecule has 122 valence electrons. The Morgan fingerprint density at radius 3 is 2.52 bits per heavy atom. The van der Waals surface area contributed by atoms with Crippen molar-refractivity contribution in [3.05, 3.63) is 0 Å². The van der Waals surface area contributed by atoms with E-state index < -0.39 is 5.54 Å². The molecule has 2 heterocycles. The van der Waals surface area contributed by atoms with Gasteiger partial charge in [-0.1, -0.05) is 6.42 Å². The Bertz CT molecular complexity index is 354. The van der Waals surface area contributed by atoms with Gasteiger partial charge in [-0.15, -0.1) is 0 Å². The number of nitrogens with two attached hydrogens (primary N) is 1. The highest BCUT2D eigenvalue weighted by atomic mass is 16.1. The molecule has 2 aliphatic heterocycles. The van der Waals surface area contributed by atoms with E-state index in [1.165, 1.54) is 38.8 Å². The zero-order valence-corrected chi connectivity index (χ0v) is 13.9. The van der Waals surface area contributed by atoms with Crippen molar-refractivity contribution in [3.63, 3.8) is 0 Å². The lowest BCUT2D eigenvalue weighted by Crippen LogP contribution is -2.61. The number of likely N-dealkylation sites (tertiary alicyclic amines) is 2. The van der Waals surface area contributed by atoms with Gasteiger partial charge in [0.1, 0.15) is 5.54 Å². The molecule has 2 fully saturated rings. The summed E-state index contributed by atoms with van der Waals surface area (Å²) in [5, 5.41) is 3.35. The first-order valence-corrected chi connectivity index (χ1v) is 8.45. The molecule has 0 aromatic rings. The molecule has 0 aliphatic carbocycles. The molecular formula is C16H32N4O. The Kier molecular flexibility index (Phi) is 5.63. The number of rotatable bonds is 6. The maximum atomic E-state index is 11.9. The van der Waals surface area contributed by atoms with Crippen LogP contribution >= 0.6 is 0 Å². The average Bonchev–Trinajstić information content (AvgIpc) is 2.87. The number of primary amides is 1. The molecule has 0 saturated carbocycles. The molecule has 0 spiro atoms. The summed E-state index contributed by atoms with van der Waals surface area (Å²) >= 11 is 0. The number of nitrogens with one attached hydrogen (secondary N) is 1. The predicted molar refractivity (Wildman–Crippen MR) is 86.1 cm³/mol. The number of piperidine rings is 1. The van der Waals surface area contributed by atoms with Crippen LogP contribution in [0.2, 0.25) is 0 Å². The second-order valence-electron chi connectivity index (χ2n) is 7.27. The average molecular weight is 296 g/mol. The molecule has 0 radical (unpaired) electrons. The first-order chi connectivity index (χ1) is 9.90. The quantitative estimate of drug-likeness (QED) is 0.761. The summed E-state index contributed by atoms with van der Waals surface area (Å²) < 4.78 is 0. The molecule has 2 saturated heterocycles. The van der Waals surface area contributed by atoms with Crippen LogP contribution in [-0.2, 0) is 4.79 Å². The SMILES string of the molecule is CC(C)NC(C)(CN1CCC(N2CCCCC2)C1)C(N)=O. The standard InChI is InChI=1S/C16H32N4O/c1-13(2)18-16(3,15(17)21)12-19-10-7-14(11-19)20-8-5-4-6-9-20/h13-14,18H,4-12H2,1-3H3,(H2,17,21). The molecule has 3 N–H and O–H groups in total. The number of hydrogen-bond acceptors (Lipinski definition) is 4. The molecule has 0 bridgehead atoms. The van der Waals surface area contributed by atoms with Crippen LogP contribution in [0.25, 0.3) is 0 Å². The number of carbonyl (C=O) groups is 1. The van der Waals surface area contributed by atoms with Gasteiger partial charge in [0.15, 0.2) is 0 Å². The van der Waals surface area contributed by atoms with E-state index >= 15 is 0 Å². The van der Waals surface area contributed by atoms with Crippen molar-refractivity contribution < 1.29 is 4.79 Å². The van der Waals surface area contributed by atoms with E-state index in [1.807, 2.05) is 6.92 Å². The zero-order valence-electron chi connectivity index (χ0n) is 13.9. The van der Waals surface area contributed by atoms with E-state index in [1.54, 1.807) is 0 Å². The highest BCUT2D eigenvalue weighted by Gasteiger charge is 2.37. The molecule has 2 aliphatic rings. The summed E-state index contributed by atoms with van der Waals surface area (Å²) in [5.41, 5.74) is 5.00. The number of carbonyl (C=O) groups excluding carboxylic acids is 1. The lowest BCUT2D eigenvalue weighted by atomic mass is 9.99. The fraction of sp³-hybridized carbons (Fsp3) is 0.938. The summed E-state index contributed by atoms with van der Waals surface area (Å²) in [7, 11) is 0. The van der Waals surface area contributed by atoms with Crippen LogP contribution in [-0.4, -0.2) is 66.1 Å². The van der Waals surface area contributed by atoms with E-state index in [2.05, 4.69) is 29.0 Å². The van der Waals surface area contributed by atoms with Crippen LogP contribution < -0.4 is 11.1 Å². The van der Waals surface area contributed by atoms with Gasteiger partial charge in [-0.25, -0.2) is 0 Å². The van der Waals surface area contributed by atoms with Crippen LogP contribution in [0, 0.1) is 0 Å². The Morgan fingerprint density at radius 1 is 1.29 bits per heavy atom. The topological polar surface area (TPSA) is 61.6 Å². The van der Waals surface area contributed by atoms with Gasteiger partial charge in [0.05, 0.1) is 0 Å². The maximum absolute atomic E-state index is 11.9. The summed E-state index contributed by atoms with van der Waals surface area (Å²) in [4.78, 5) is 16.9. The molecule has 5 heteroatoms. The second-order valence-corrected chi connectivity index (χ2v) is 7.27. The van der Waals surface area contributed by atoms with Crippen molar-refractivity contribution in [2.45, 2.75) is 64.1 Å². The number of nitrogens with zero attached hydrogens (tertiary/aromatic N) is 2. The molecule has 0 aromatic heterocycles. The lowest BCUT2D eigenvalue weighted by molar-refractivity contribution is -0.124. The fourth-order valence-corrected chi connectivity index (χ4v) is 3.82. The van der Waals surface area contributed by atoms with Gasteiger partial charge in [-0.3, -0.25) is 14.6 Å². The molecule has 5 nitrogen and oxygen atoms in total. The predicted octanol–water partition coefficient (Wildman–Crippen LogP) is 0.789.